The number of thiazole rings is 1. The Bertz CT molecular complexity index is 787. The highest BCUT2D eigenvalue weighted by Gasteiger charge is 2.35. The zero-order valence-electron chi connectivity index (χ0n) is 15.0. The van der Waals surface area contributed by atoms with Crippen molar-refractivity contribution in [2.45, 2.75) is 51.7 Å². The lowest BCUT2D eigenvalue weighted by molar-refractivity contribution is -0.141. The SMILES string of the molecule is CC(NC(=O)OC(C)(C)C)C(Nc1ncc(Br)s1)n1cnc(C(F)(F)F)c1. The van der Waals surface area contributed by atoms with Gasteiger partial charge in [-0.3, -0.25) is 0 Å². The van der Waals surface area contributed by atoms with E-state index in [1.165, 1.54) is 15.9 Å². The van der Waals surface area contributed by atoms with Crippen LogP contribution in [0.1, 0.15) is 39.6 Å². The van der Waals surface area contributed by atoms with Gasteiger partial charge in [0.15, 0.2) is 10.8 Å². The maximum Gasteiger partial charge on any atom is 0.434 e. The van der Waals surface area contributed by atoms with Crippen LogP contribution >= 0.6 is 27.3 Å². The second-order valence-corrected chi connectivity index (χ2v) is 9.11. The minimum Gasteiger partial charge on any atom is -0.444 e. The maximum absolute atomic E-state index is 12.9. The Labute approximate surface area is 166 Å². The Morgan fingerprint density at radius 2 is 2.00 bits per heavy atom. The number of rotatable bonds is 5. The minimum atomic E-state index is -4.57. The Morgan fingerprint density at radius 3 is 2.48 bits per heavy atom. The van der Waals surface area contributed by atoms with Gasteiger partial charge < -0.3 is 19.9 Å². The first-order valence-corrected chi connectivity index (χ1v) is 9.44. The molecular formula is C15H19BrF3N5O2S. The maximum atomic E-state index is 12.9. The Hall–Kier alpha value is -1.82. The van der Waals surface area contributed by atoms with Crippen LogP contribution in [0, 0.1) is 0 Å². The van der Waals surface area contributed by atoms with Crippen molar-refractivity contribution in [2.24, 2.45) is 0 Å². The summed E-state index contributed by atoms with van der Waals surface area (Å²) in [4.78, 5) is 19.6. The first-order valence-electron chi connectivity index (χ1n) is 7.83. The van der Waals surface area contributed by atoms with E-state index in [1.807, 2.05) is 0 Å². The van der Waals surface area contributed by atoms with E-state index in [-0.39, 0.29) is 0 Å². The number of imidazole rings is 1. The molecule has 2 aromatic heterocycles. The van der Waals surface area contributed by atoms with E-state index in [2.05, 4.69) is 36.5 Å². The van der Waals surface area contributed by atoms with Crippen LogP contribution in [0.2, 0.25) is 0 Å². The smallest absolute Gasteiger partial charge is 0.434 e. The molecular weight excluding hydrogens is 451 g/mol. The predicted molar refractivity (Wildman–Crippen MR) is 98.5 cm³/mol. The summed E-state index contributed by atoms with van der Waals surface area (Å²) in [5, 5.41) is 6.10. The molecule has 150 valence electrons. The third-order valence-corrected chi connectivity index (χ3v) is 4.59. The molecule has 0 saturated carbocycles. The number of alkyl carbamates (subject to hydrolysis) is 1. The van der Waals surface area contributed by atoms with Crippen LogP contribution in [0.5, 0.6) is 0 Å². The first kappa shape index (κ1) is 21.5. The van der Waals surface area contributed by atoms with Crippen molar-refractivity contribution in [1.82, 2.24) is 19.9 Å². The number of ether oxygens (including phenoxy) is 1. The lowest BCUT2D eigenvalue weighted by atomic mass is 10.2. The highest BCUT2D eigenvalue weighted by molar-refractivity contribution is 9.11. The van der Waals surface area contributed by atoms with E-state index in [9.17, 15) is 18.0 Å². The standard InChI is InChI=1S/C15H19BrF3N5O2S/c1-8(22-13(25)26-14(2,3)4)11(23-12-20-5-10(16)27-12)24-6-9(21-7-24)15(17,18)19/h5-8,11H,1-4H3,(H,20,23)(H,22,25). The summed E-state index contributed by atoms with van der Waals surface area (Å²) in [6, 6.07) is -0.641. The van der Waals surface area contributed by atoms with Crippen LogP contribution in [-0.2, 0) is 10.9 Å². The normalized spacial score (nSPS) is 14.5. The number of hydrogen-bond acceptors (Lipinski definition) is 6. The summed E-state index contributed by atoms with van der Waals surface area (Å²) in [5.74, 6) is 0. The zero-order chi connectivity index (χ0) is 20.4. The van der Waals surface area contributed by atoms with Crippen LogP contribution in [0.4, 0.5) is 23.1 Å². The molecule has 2 aromatic rings. The highest BCUT2D eigenvalue weighted by Crippen LogP contribution is 2.30. The lowest BCUT2D eigenvalue weighted by Gasteiger charge is -2.28. The van der Waals surface area contributed by atoms with Gasteiger partial charge in [-0.1, -0.05) is 11.3 Å². The molecule has 2 rings (SSSR count). The Balaban J connectivity index is 2.23. The summed E-state index contributed by atoms with van der Waals surface area (Å²) in [5.41, 5.74) is -1.73. The Morgan fingerprint density at radius 1 is 1.33 bits per heavy atom. The molecule has 0 saturated heterocycles. The molecule has 27 heavy (non-hydrogen) atoms. The Kier molecular flexibility index (Phi) is 6.40. The third-order valence-electron chi connectivity index (χ3n) is 3.18. The van der Waals surface area contributed by atoms with Gasteiger partial charge in [0.05, 0.1) is 22.4 Å². The molecule has 2 atom stereocenters. The fourth-order valence-corrected chi connectivity index (χ4v) is 3.25. The summed E-state index contributed by atoms with van der Waals surface area (Å²) in [6.45, 7) is 6.78. The number of alkyl halides is 3. The molecule has 2 heterocycles. The summed E-state index contributed by atoms with van der Waals surface area (Å²) < 4.78 is 45.9. The van der Waals surface area contributed by atoms with Crippen molar-refractivity contribution in [1.29, 1.82) is 0 Å². The van der Waals surface area contributed by atoms with Crippen molar-refractivity contribution >= 4 is 38.5 Å². The zero-order valence-corrected chi connectivity index (χ0v) is 17.4. The minimum absolute atomic E-state index is 0.465. The van der Waals surface area contributed by atoms with E-state index in [0.717, 1.165) is 16.3 Å². The number of nitrogens with one attached hydrogen (secondary N) is 2. The number of carbonyl (C=O) groups excluding carboxylic acids is 1. The largest absolute Gasteiger partial charge is 0.444 e. The fraction of sp³-hybridized carbons (Fsp3) is 0.533. The van der Waals surface area contributed by atoms with Gasteiger partial charge in [0.2, 0.25) is 0 Å². The van der Waals surface area contributed by atoms with Gasteiger partial charge in [-0.05, 0) is 43.6 Å². The number of aromatic nitrogens is 3. The second kappa shape index (κ2) is 8.05. The monoisotopic (exact) mass is 469 g/mol. The van der Waals surface area contributed by atoms with Gasteiger partial charge in [0.1, 0.15) is 11.8 Å². The van der Waals surface area contributed by atoms with Crippen LogP contribution in [-0.4, -0.2) is 32.3 Å². The molecule has 0 aromatic carbocycles. The molecule has 1 amide bonds. The number of nitrogens with zero attached hydrogens (tertiary/aromatic N) is 3. The quantitative estimate of drug-likeness (QED) is 0.666. The molecule has 0 aliphatic heterocycles. The average Bonchev–Trinajstić information content (AvgIpc) is 3.10. The third kappa shape index (κ3) is 6.38. The van der Waals surface area contributed by atoms with Crippen LogP contribution in [0.15, 0.2) is 22.5 Å². The van der Waals surface area contributed by atoms with Crippen LogP contribution in [0.3, 0.4) is 0 Å². The van der Waals surface area contributed by atoms with Crippen molar-refractivity contribution < 1.29 is 22.7 Å². The topological polar surface area (TPSA) is 81.1 Å². The summed E-state index contributed by atoms with van der Waals surface area (Å²) in [6.07, 6.45) is -2.55. The van der Waals surface area contributed by atoms with E-state index >= 15 is 0 Å². The van der Waals surface area contributed by atoms with E-state index in [4.69, 9.17) is 4.74 Å². The fourth-order valence-electron chi connectivity index (χ4n) is 2.11. The summed E-state index contributed by atoms with van der Waals surface area (Å²) >= 11 is 4.54. The molecule has 0 spiro atoms. The van der Waals surface area contributed by atoms with Gasteiger partial charge >= 0.3 is 12.3 Å². The van der Waals surface area contributed by atoms with E-state index in [0.29, 0.717) is 5.13 Å². The summed E-state index contributed by atoms with van der Waals surface area (Å²) in [7, 11) is 0. The average molecular weight is 470 g/mol. The first-order chi connectivity index (χ1) is 12.3. The second-order valence-electron chi connectivity index (χ2n) is 6.70. The molecule has 0 aliphatic carbocycles. The van der Waals surface area contributed by atoms with Crippen molar-refractivity contribution in [3.63, 3.8) is 0 Å². The molecule has 2 unspecified atom stereocenters. The van der Waals surface area contributed by atoms with Crippen LogP contribution < -0.4 is 10.6 Å². The number of halogens is 4. The molecule has 2 N–H and O–H groups in total. The van der Waals surface area contributed by atoms with Crippen LogP contribution in [0.25, 0.3) is 0 Å². The number of carbonyl (C=O) groups is 1. The van der Waals surface area contributed by atoms with E-state index < -0.39 is 35.8 Å². The van der Waals surface area contributed by atoms with Gasteiger partial charge in [-0.2, -0.15) is 13.2 Å². The van der Waals surface area contributed by atoms with Gasteiger partial charge in [-0.15, -0.1) is 0 Å². The molecule has 0 bridgehead atoms. The van der Waals surface area contributed by atoms with E-state index in [1.54, 1.807) is 33.9 Å². The molecule has 0 fully saturated rings. The van der Waals surface area contributed by atoms with Gasteiger partial charge in [-0.25, -0.2) is 14.8 Å². The van der Waals surface area contributed by atoms with Crippen molar-refractivity contribution in [3.05, 3.63) is 28.2 Å². The predicted octanol–water partition coefficient (Wildman–Crippen LogP) is 4.64. The molecule has 7 nitrogen and oxygen atoms in total. The van der Waals surface area contributed by atoms with Crippen molar-refractivity contribution in [2.75, 3.05) is 5.32 Å². The van der Waals surface area contributed by atoms with Gasteiger partial charge in [0.25, 0.3) is 0 Å². The van der Waals surface area contributed by atoms with Gasteiger partial charge in [0, 0.05) is 6.20 Å². The van der Waals surface area contributed by atoms with Crippen molar-refractivity contribution in [3.8, 4) is 0 Å². The number of anilines is 1. The molecule has 0 aliphatic rings. The number of hydrogen-bond donors (Lipinski definition) is 2. The molecule has 12 heteroatoms. The number of amides is 1. The highest BCUT2D eigenvalue weighted by atomic mass is 79.9. The lowest BCUT2D eigenvalue weighted by Crippen LogP contribution is -2.44. The molecule has 0 radical (unpaired) electrons.